The van der Waals surface area contributed by atoms with Crippen LogP contribution in [-0.4, -0.2) is 4.98 Å². The highest BCUT2D eigenvalue weighted by Gasteiger charge is 2.40. The van der Waals surface area contributed by atoms with Crippen LogP contribution in [0.25, 0.3) is 0 Å². The lowest BCUT2D eigenvalue weighted by molar-refractivity contribution is 0.232. The second kappa shape index (κ2) is 2.55. The molecule has 2 N–H and O–H groups in total. The average Bonchev–Trinajstić information content (AvgIpc) is 2.64. The van der Waals surface area contributed by atoms with E-state index in [9.17, 15) is 0 Å². The summed E-state index contributed by atoms with van der Waals surface area (Å²) in [6, 6.07) is 0. The van der Waals surface area contributed by atoms with Gasteiger partial charge in [0, 0.05) is 23.0 Å². The van der Waals surface area contributed by atoms with Crippen molar-refractivity contribution in [1.82, 2.24) is 4.98 Å². The van der Waals surface area contributed by atoms with Crippen molar-refractivity contribution in [2.24, 2.45) is 5.92 Å². The highest BCUT2D eigenvalue weighted by atomic mass is 14.8. The molecule has 5 rings (SSSR count). The molecule has 4 aliphatic rings. The lowest BCUT2D eigenvalue weighted by Crippen LogP contribution is -2.32. The van der Waals surface area contributed by atoms with Crippen LogP contribution in [0.4, 0.5) is 5.69 Å². The van der Waals surface area contributed by atoms with Gasteiger partial charge in [-0.05, 0) is 55.6 Å². The zero-order valence-corrected chi connectivity index (χ0v) is 8.92. The highest BCUT2D eigenvalue weighted by molar-refractivity contribution is 5.60. The summed E-state index contributed by atoms with van der Waals surface area (Å²) in [7, 11) is 0. The van der Waals surface area contributed by atoms with Crippen molar-refractivity contribution >= 4 is 5.69 Å². The molecule has 1 aromatic heterocycles. The maximum Gasteiger partial charge on any atom is 0.0490 e. The molecular weight excluding hydrogens is 184 g/mol. The number of nitrogens with zero attached hydrogens (tertiary/aromatic N) is 1. The molecule has 15 heavy (non-hydrogen) atoms. The molecule has 0 radical (unpaired) electrons. The van der Waals surface area contributed by atoms with E-state index in [4.69, 9.17) is 10.7 Å². The third-order valence-corrected chi connectivity index (χ3v) is 4.52. The topological polar surface area (TPSA) is 38.9 Å². The maximum absolute atomic E-state index is 6.30. The molecule has 0 aromatic carbocycles. The molecule has 78 valence electrons. The Bertz CT molecular complexity index is 444. The maximum atomic E-state index is 6.30. The van der Waals surface area contributed by atoms with Gasteiger partial charge in [0.25, 0.3) is 0 Å². The minimum atomic E-state index is 0.756. The minimum absolute atomic E-state index is 0.756. The molecular formula is C13H16N2. The van der Waals surface area contributed by atoms with E-state index in [-0.39, 0.29) is 0 Å². The first kappa shape index (κ1) is 8.14. The largest absolute Gasteiger partial charge is 0.398 e. The van der Waals surface area contributed by atoms with Gasteiger partial charge in [0.15, 0.2) is 0 Å². The van der Waals surface area contributed by atoms with Crippen molar-refractivity contribution in [3.8, 4) is 0 Å². The van der Waals surface area contributed by atoms with Crippen LogP contribution >= 0.6 is 0 Å². The number of rotatable bonds is 0. The molecule has 4 aliphatic carbocycles. The van der Waals surface area contributed by atoms with E-state index in [0.717, 1.165) is 30.4 Å². The fraction of sp³-hybridized carbons (Fsp3) is 0.615. The van der Waals surface area contributed by atoms with Crippen LogP contribution in [0.3, 0.4) is 0 Å². The zero-order valence-electron chi connectivity index (χ0n) is 8.92. The van der Waals surface area contributed by atoms with Crippen molar-refractivity contribution in [3.05, 3.63) is 22.5 Å². The Morgan fingerprint density at radius 2 is 2.00 bits per heavy atom. The van der Waals surface area contributed by atoms with Crippen molar-refractivity contribution < 1.29 is 0 Å². The number of aryl methyl sites for hydroxylation is 1. The number of fused-ring (bicyclic) bond motifs is 1. The third kappa shape index (κ3) is 0.926. The third-order valence-electron chi connectivity index (χ3n) is 4.52. The van der Waals surface area contributed by atoms with Crippen LogP contribution in [0.15, 0.2) is 0 Å². The van der Waals surface area contributed by atoms with Gasteiger partial charge in [-0.15, -0.1) is 0 Å². The number of hydrogen-bond acceptors (Lipinski definition) is 2. The van der Waals surface area contributed by atoms with Crippen LogP contribution in [0.5, 0.6) is 0 Å². The molecule has 2 heteroatoms. The Balaban J connectivity index is 1.97. The summed E-state index contributed by atoms with van der Waals surface area (Å²) in [5.74, 6) is 1.68. The van der Waals surface area contributed by atoms with Gasteiger partial charge < -0.3 is 5.73 Å². The molecule has 1 aromatic rings. The fourth-order valence-electron chi connectivity index (χ4n) is 3.64. The van der Waals surface area contributed by atoms with E-state index in [1.165, 1.54) is 48.2 Å². The molecule has 0 aliphatic heterocycles. The van der Waals surface area contributed by atoms with Crippen LogP contribution in [0, 0.1) is 5.92 Å². The molecule has 2 nitrogen and oxygen atoms in total. The highest BCUT2D eigenvalue weighted by Crippen LogP contribution is 2.51. The van der Waals surface area contributed by atoms with Crippen molar-refractivity contribution in [3.63, 3.8) is 0 Å². The van der Waals surface area contributed by atoms with E-state index >= 15 is 0 Å². The first-order valence-corrected chi connectivity index (χ1v) is 6.13. The number of nitrogen functional groups attached to an aromatic ring is 1. The quantitative estimate of drug-likeness (QED) is 0.697. The van der Waals surface area contributed by atoms with Crippen molar-refractivity contribution in [2.75, 3.05) is 5.73 Å². The van der Waals surface area contributed by atoms with Gasteiger partial charge in [-0.3, -0.25) is 4.98 Å². The van der Waals surface area contributed by atoms with Crippen LogP contribution in [0.2, 0.25) is 0 Å². The SMILES string of the molecule is Nc1c2c(nc3c1CC1CC3C1)CCC2. The Labute approximate surface area is 89.9 Å². The van der Waals surface area contributed by atoms with Crippen molar-refractivity contribution in [1.29, 1.82) is 0 Å². The lowest BCUT2D eigenvalue weighted by Gasteiger charge is -2.42. The Hall–Kier alpha value is -1.05. The fourth-order valence-corrected chi connectivity index (χ4v) is 3.64. The molecule has 1 heterocycles. The Morgan fingerprint density at radius 3 is 2.87 bits per heavy atom. The number of hydrogen-bond donors (Lipinski definition) is 1. The second-order valence-corrected chi connectivity index (χ2v) is 5.41. The van der Waals surface area contributed by atoms with E-state index in [1.807, 2.05) is 0 Å². The monoisotopic (exact) mass is 200 g/mol. The zero-order chi connectivity index (χ0) is 9.99. The van der Waals surface area contributed by atoms with Gasteiger partial charge >= 0.3 is 0 Å². The van der Waals surface area contributed by atoms with Gasteiger partial charge in [0.1, 0.15) is 0 Å². The van der Waals surface area contributed by atoms with E-state index in [2.05, 4.69) is 0 Å². The molecule has 1 saturated carbocycles. The van der Waals surface area contributed by atoms with Gasteiger partial charge in [0.05, 0.1) is 0 Å². The molecule has 0 spiro atoms. The van der Waals surface area contributed by atoms with Gasteiger partial charge in [-0.1, -0.05) is 0 Å². The van der Waals surface area contributed by atoms with Gasteiger partial charge in [-0.25, -0.2) is 0 Å². The van der Waals surface area contributed by atoms with Crippen LogP contribution in [-0.2, 0) is 19.3 Å². The Morgan fingerprint density at radius 1 is 1.13 bits per heavy atom. The summed E-state index contributed by atoms with van der Waals surface area (Å²) in [6.45, 7) is 0. The predicted molar refractivity (Wildman–Crippen MR) is 59.8 cm³/mol. The number of aromatic nitrogens is 1. The molecule has 0 amide bonds. The molecule has 1 fully saturated rings. The molecule has 0 atom stereocenters. The van der Waals surface area contributed by atoms with E-state index in [0.29, 0.717) is 0 Å². The van der Waals surface area contributed by atoms with E-state index in [1.54, 1.807) is 0 Å². The standard InChI is InChI=1S/C13H16N2/c14-12-9-2-1-3-11(9)15-13-8-4-7(5-8)6-10(12)13/h7-8H,1-6H2,(H2,14,15). The first-order valence-electron chi connectivity index (χ1n) is 6.13. The van der Waals surface area contributed by atoms with E-state index < -0.39 is 0 Å². The molecule has 2 bridgehead atoms. The lowest BCUT2D eigenvalue weighted by atomic mass is 9.64. The minimum Gasteiger partial charge on any atom is -0.398 e. The number of nitrogens with two attached hydrogens (primary N) is 1. The summed E-state index contributed by atoms with van der Waals surface area (Å²) in [6.07, 6.45) is 7.53. The summed E-state index contributed by atoms with van der Waals surface area (Å²) in [4.78, 5) is 4.89. The smallest absolute Gasteiger partial charge is 0.0490 e. The van der Waals surface area contributed by atoms with Gasteiger partial charge in [0.2, 0.25) is 0 Å². The summed E-state index contributed by atoms with van der Waals surface area (Å²) in [5.41, 5.74) is 12.9. The normalized spacial score (nSPS) is 30.7. The summed E-state index contributed by atoms with van der Waals surface area (Å²) >= 11 is 0. The predicted octanol–water partition coefficient (Wildman–Crippen LogP) is 2.20. The molecule has 0 unspecified atom stereocenters. The second-order valence-electron chi connectivity index (χ2n) is 5.41. The average molecular weight is 200 g/mol. The number of anilines is 1. The van der Waals surface area contributed by atoms with Gasteiger partial charge in [-0.2, -0.15) is 0 Å². The summed E-state index contributed by atoms with van der Waals surface area (Å²) < 4.78 is 0. The summed E-state index contributed by atoms with van der Waals surface area (Å²) in [5, 5.41) is 0. The van der Waals surface area contributed by atoms with Crippen LogP contribution < -0.4 is 5.73 Å². The first-order chi connectivity index (χ1) is 7.33. The van der Waals surface area contributed by atoms with Crippen molar-refractivity contribution in [2.45, 2.75) is 44.4 Å². The number of pyridine rings is 1. The van der Waals surface area contributed by atoms with Crippen LogP contribution in [0.1, 0.15) is 47.7 Å². The molecule has 0 saturated heterocycles. The Kier molecular flexibility index (Phi) is 1.38.